The number of ether oxygens (including phenoxy) is 2. The minimum Gasteiger partial charge on any atom is -0.497 e. The van der Waals surface area contributed by atoms with Crippen molar-refractivity contribution >= 4 is 17.2 Å². The second-order valence-corrected chi connectivity index (χ2v) is 4.08. The molecule has 0 spiro atoms. The molecule has 0 unspecified atom stereocenters. The molecule has 0 radical (unpaired) electrons. The van der Waals surface area contributed by atoms with Gasteiger partial charge in [-0.15, -0.1) is 0 Å². The van der Waals surface area contributed by atoms with Gasteiger partial charge in [-0.1, -0.05) is 0 Å². The zero-order chi connectivity index (χ0) is 13.8. The Hall–Kier alpha value is -2.43. The van der Waals surface area contributed by atoms with E-state index in [0.717, 1.165) is 17.1 Å². The normalized spacial score (nSPS) is 10.1. The third-order valence-corrected chi connectivity index (χ3v) is 2.73. The van der Waals surface area contributed by atoms with Gasteiger partial charge in [0.15, 0.2) is 5.82 Å². The average molecular weight is 259 g/mol. The van der Waals surface area contributed by atoms with E-state index in [1.807, 2.05) is 37.3 Å². The van der Waals surface area contributed by atoms with Gasteiger partial charge in [0.1, 0.15) is 11.5 Å². The van der Waals surface area contributed by atoms with Gasteiger partial charge >= 0.3 is 0 Å². The smallest absolute Gasteiger partial charge is 0.153 e. The number of rotatable bonds is 4. The van der Waals surface area contributed by atoms with E-state index in [0.29, 0.717) is 17.3 Å². The molecule has 5 heteroatoms. The van der Waals surface area contributed by atoms with Gasteiger partial charge < -0.3 is 20.5 Å². The molecule has 100 valence electrons. The number of hydrogen-bond donors (Lipinski definition) is 2. The lowest BCUT2D eigenvalue weighted by Gasteiger charge is -2.13. The van der Waals surface area contributed by atoms with E-state index >= 15 is 0 Å². The van der Waals surface area contributed by atoms with Crippen molar-refractivity contribution in [1.29, 1.82) is 0 Å². The van der Waals surface area contributed by atoms with E-state index in [4.69, 9.17) is 15.2 Å². The Balaban J connectivity index is 2.38. The van der Waals surface area contributed by atoms with Crippen LogP contribution in [0.1, 0.15) is 5.69 Å². The summed E-state index contributed by atoms with van der Waals surface area (Å²) in [6, 6.07) is 9.17. The minimum atomic E-state index is 0.579. The Kier molecular flexibility index (Phi) is 3.75. The molecular weight excluding hydrogens is 242 g/mol. The number of aryl methyl sites for hydroxylation is 1. The lowest BCUT2D eigenvalue weighted by Crippen LogP contribution is -2.02. The van der Waals surface area contributed by atoms with Crippen molar-refractivity contribution in [2.75, 3.05) is 25.3 Å². The summed E-state index contributed by atoms with van der Waals surface area (Å²) in [6.07, 6.45) is 0. The van der Waals surface area contributed by atoms with Crippen molar-refractivity contribution in [2.45, 2.75) is 6.92 Å². The first-order valence-electron chi connectivity index (χ1n) is 5.86. The summed E-state index contributed by atoms with van der Waals surface area (Å²) in [5.74, 6) is 2.03. The summed E-state index contributed by atoms with van der Waals surface area (Å²) in [6.45, 7) is 1.91. The van der Waals surface area contributed by atoms with Gasteiger partial charge in [0.05, 0.1) is 25.6 Å². The van der Waals surface area contributed by atoms with Crippen molar-refractivity contribution in [3.05, 3.63) is 36.0 Å². The third kappa shape index (κ3) is 2.88. The largest absolute Gasteiger partial charge is 0.497 e. The van der Waals surface area contributed by atoms with Crippen LogP contribution in [-0.2, 0) is 0 Å². The number of benzene rings is 1. The highest BCUT2D eigenvalue weighted by molar-refractivity contribution is 5.73. The van der Waals surface area contributed by atoms with Crippen LogP contribution in [0, 0.1) is 6.92 Å². The summed E-state index contributed by atoms with van der Waals surface area (Å²) < 4.78 is 10.5. The number of nitrogen functional groups attached to an aromatic ring is 1. The summed E-state index contributed by atoms with van der Waals surface area (Å²) >= 11 is 0. The number of nitrogens with one attached hydrogen (secondary N) is 1. The van der Waals surface area contributed by atoms with Crippen LogP contribution in [0.5, 0.6) is 11.5 Å². The van der Waals surface area contributed by atoms with E-state index in [-0.39, 0.29) is 0 Å². The Morgan fingerprint density at radius 2 is 1.89 bits per heavy atom. The zero-order valence-corrected chi connectivity index (χ0v) is 11.2. The number of anilines is 3. The molecule has 3 N–H and O–H groups in total. The van der Waals surface area contributed by atoms with Crippen LogP contribution in [-0.4, -0.2) is 19.2 Å². The first-order chi connectivity index (χ1) is 9.13. The highest BCUT2D eigenvalue weighted by atomic mass is 16.5. The fourth-order valence-corrected chi connectivity index (χ4v) is 1.71. The molecule has 0 atom stereocenters. The molecule has 2 aromatic rings. The molecule has 0 saturated heterocycles. The predicted octanol–water partition coefficient (Wildman–Crippen LogP) is 2.73. The van der Waals surface area contributed by atoms with Gasteiger partial charge in [-0.3, -0.25) is 0 Å². The molecule has 0 fully saturated rings. The standard InChI is InChI=1S/C14H17N3O2/c1-9-4-6-11(15)14(16-9)17-12-8-10(18-2)5-7-13(12)19-3/h4-8H,15H2,1-3H3,(H,16,17). The van der Waals surface area contributed by atoms with Crippen molar-refractivity contribution < 1.29 is 9.47 Å². The number of nitrogens with two attached hydrogens (primary N) is 1. The van der Waals surface area contributed by atoms with Gasteiger partial charge in [0.2, 0.25) is 0 Å². The first-order valence-corrected chi connectivity index (χ1v) is 5.86. The molecule has 5 nitrogen and oxygen atoms in total. The highest BCUT2D eigenvalue weighted by Gasteiger charge is 2.08. The number of nitrogens with zero attached hydrogens (tertiary/aromatic N) is 1. The number of methoxy groups -OCH3 is 2. The lowest BCUT2D eigenvalue weighted by molar-refractivity contribution is 0.405. The molecular formula is C14H17N3O2. The minimum absolute atomic E-state index is 0.579. The van der Waals surface area contributed by atoms with Crippen molar-refractivity contribution in [2.24, 2.45) is 0 Å². The Morgan fingerprint density at radius 1 is 1.11 bits per heavy atom. The molecule has 2 rings (SSSR count). The van der Waals surface area contributed by atoms with Gasteiger partial charge in [0, 0.05) is 11.8 Å². The number of aromatic nitrogens is 1. The summed E-state index contributed by atoms with van der Waals surface area (Å²) in [5.41, 5.74) is 8.13. The Bertz CT molecular complexity index is 585. The number of hydrogen-bond acceptors (Lipinski definition) is 5. The van der Waals surface area contributed by atoms with Gasteiger partial charge in [-0.05, 0) is 31.2 Å². The SMILES string of the molecule is COc1ccc(OC)c(Nc2nc(C)ccc2N)c1. The van der Waals surface area contributed by atoms with Crippen LogP contribution in [0.2, 0.25) is 0 Å². The summed E-state index contributed by atoms with van der Waals surface area (Å²) in [5, 5.41) is 3.17. The molecule has 1 aromatic carbocycles. The molecule has 1 aromatic heterocycles. The third-order valence-electron chi connectivity index (χ3n) is 2.73. The first kappa shape index (κ1) is 13.0. The van der Waals surface area contributed by atoms with Crippen LogP contribution in [0.15, 0.2) is 30.3 Å². The molecule has 0 aliphatic carbocycles. The summed E-state index contributed by atoms with van der Waals surface area (Å²) in [7, 11) is 3.23. The molecule has 0 amide bonds. The topological polar surface area (TPSA) is 69.4 Å². The Labute approximate surface area is 112 Å². The van der Waals surface area contributed by atoms with E-state index in [1.54, 1.807) is 14.2 Å². The predicted molar refractivity (Wildman–Crippen MR) is 76.2 cm³/mol. The molecule has 0 aliphatic rings. The second kappa shape index (κ2) is 5.48. The molecule has 19 heavy (non-hydrogen) atoms. The molecule has 0 aliphatic heterocycles. The highest BCUT2D eigenvalue weighted by Crippen LogP contribution is 2.32. The summed E-state index contributed by atoms with van der Waals surface area (Å²) in [4.78, 5) is 4.37. The zero-order valence-electron chi connectivity index (χ0n) is 11.2. The van der Waals surface area contributed by atoms with E-state index < -0.39 is 0 Å². The van der Waals surface area contributed by atoms with E-state index in [2.05, 4.69) is 10.3 Å². The van der Waals surface area contributed by atoms with Crippen LogP contribution in [0.3, 0.4) is 0 Å². The fraction of sp³-hybridized carbons (Fsp3) is 0.214. The van der Waals surface area contributed by atoms with Gasteiger partial charge in [0.25, 0.3) is 0 Å². The maximum atomic E-state index is 5.90. The van der Waals surface area contributed by atoms with E-state index in [1.165, 1.54) is 0 Å². The van der Waals surface area contributed by atoms with Crippen LogP contribution in [0.25, 0.3) is 0 Å². The molecule has 0 saturated carbocycles. The molecule has 0 bridgehead atoms. The van der Waals surface area contributed by atoms with Gasteiger partial charge in [-0.25, -0.2) is 4.98 Å². The maximum absolute atomic E-state index is 5.90. The van der Waals surface area contributed by atoms with E-state index in [9.17, 15) is 0 Å². The molecule has 1 heterocycles. The monoisotopic (exact) mass is 259 g/mol. The van der Waals surface area contributed by atoms with Crippen molar-refractivity contribution in [3.63, 3.8) is 0 Å². The quantitative estimate of drug-likeness (QED) is 0.883. The van der Waals surface area contributed by atoms with Crippen molar-refractivity contribution in [1.82, 2.24) is 4.98 Å². The average Bonchev–Trinajstić information content (AvgIpc) is 2.42. The fourth-order valence-electron chi connectivity index (χ4n) is 1.71. The second-order valence-electron chi connectivity index (χ2n) is 4.08. The van der Waals surface area contributed by atoms with Crippen LogP contribution in [0.4, 0.5) is 17.2 Å². The maximum Gasteiger partial charge on any atom is 0.153 e. The Morgan fingerprint density at radius 3 is 2.58 bits per heavy atom. The lowest BCUT2D eigenvalue weighted by atomic mass is 10.2. The number of pyridine rings is 1. The van der Waals surface area contributed by atoms with Gasteiger partial charge in [-0.2, -0.15) is 0 Å². The van der Waals surface area contributed by atoms with Crippen LogP contribution >= 0.6 is 0 Å². The van der Waals surface area contributed by atoms with Crippen LogP contribution < -0.4 is 20.5 Å². The van der Waals surface area contributed by atoms with Crippen molar-refractivity contribution in [3.8, 4) is 11.5 Å².